The molecule has 0 aliphatic carbocycles. The molecule has 2 amide bonds. The summed E-state index contributed by atoms with van der Waals surface area (Å²) in [6.45, 7) is 1.95. The van der Waals surface area contributed by atoms with Crippen molar-refractivity contribution >= 4 is 47.0 Å². The number of hydrogen-bond acceptors (Lipinski definition) is 5. The van der Waals surface area contributed by atoms with Crippen LogP contribution in [0.2, 0.25) is 10.0 Å². The van der Waals surface area contributed by atoms with E-state index in [-0.39, 0.29) is 27.0 Å². The van der Waals surface area contributed by atoms with E-state index in [1.165, 1.54) is 29.1 Å². The predicted molar refractivity (Wildman–Crippen MR) is 176 cm³/mol. The fourth-order valence-corrected chi connectivity index (χ4v) is 8.42. The molecule has 1 saturated heterocycles. The molecule has 1 spiro atoms. The van der Waals surface area contributed by atoms with Crippen LogP contribution in [0.3, 0.4) is 0 Å². The number of amides is 2. The first-order valence-corrected chi connectivity index (χ1v) is 16.8. The molecule has 1 atom stereocenters. The first-order valence-electron chi connectivity index (χ1n) is 15.1. The van der Waals surface area contributed by atoms with Gasteiger partial charge in [0.1, 0.15) is 5.75 Å². The van der Waals surface area contributed by atoms with Crippen LogP contribution in [-0.4, -0.2) is 73.2 Å². The number of piperidine rings is 1. The van der Waals surface area contributed by atoms with E-state index in [0.29, 0.717) is 23.4 Å². The van der Waals surface area contributed by atoms with Crippen molar-refractivity contribution < 1.29 is 27.5 Å². The van der Waals surface area contributed by atoms with Crippen LogP contribution in [0.5, 0.6) is 5.75 Å². The minimum Gasteiger partial charge on any atom is -0.410 e. The molecule has 46 heavy (non-hydrogen) atoms. The average Bonchev–Trinajstić information content (AvgIpc) is 3.39. The minimum absolute atomic E-state index is 0.110. The van der Waals surface area contributed by atoms with Crippen molar-refractivity contribution in [2.75, 3.05) is 40.3 Å². The number of para-hydroxylation sites is 1. The molecule has 0 saturated carbocycles. The molecule has 0 aromatic heterocycles. The van der Waals surface area contributed by atoms with Crippen molar-refractivity contribution in [3.63, 3.8) is 0 Å². The van der Waals surface area contributed by atoms with E-state index in [0.717, 1.165) is 38.7 Å². The highest BCUT2D eigenvalue weighted by Crippen LogP contribution is 2.53. The Labute approximate surface area is 281 Å². The molecule has 12 heteroatoms. The van der Waals surface area contributed by atoms with Crippen molar-refractivity contribution in [1.82, 2.24) is 14.7 Å². The maximum atomic E-state index is 13.6. The van der Waals surface area contributed by atoms with Gasteiger partial charge in [0.2, 0.25) is 0 Å². The van der Waals surface area contributed by atoms with Gasteiger partial charge in [-0.2, -0.15) is 13.2 Å². The van der Waals surface area contributed by atoms with Crippen molar-refractivity contribution in [3.8, 4) is 5.75 Å². The second-order valence-electron chi connectivity index (χ2n) is 11.9. The van der Waals surface area contributed by atoms with Crippen molar-refractivity contribution in [2.45, 2.75) is 47.9 Å². The zero-order valence-electron chi connectivity index (χ0n) is 25.7. The second kappa shape index (κ2) is 14.1. The summed E-state index contributed by atoms with van der Waals surface area (Å²) in [5.74, 6) is -0.731. The molecule has 2 heterocycles. The van der Waals surface area contributed by atoms with Crippen molar-refractivity contribution in [3.05, 3.63) is 99.5 Å². The second-order valence-corrected chi connectivity index (χ2v) is 14.1. The van der Waals surface area contributed by atoms with Gasteiger partial charge in [-0.05, 0) is 86.3 Å². The van der Waals surface area contributed by atoms with E-state index < -0.39 is 30.3 Å². The number of carbonyl (C=O) groups excluding carboxylic acids is 2. The molecule has 0 unspecified atom stereocenters. The van der Waals surface area contributed by atoms with E-state index in [9.17, 15) is 22.8 Å². The summed E-state index contributed by atoms with van der Waals surface area (Å²) in [5.41, 5.74) is 1.82. The lowest BCUT2D eigenvalue weighted by atomic mass is 9.82. The number of carbonyl (C=O) groups is 2. The Hall–Kier alpha value is -2.92. The first kappa shape index (κ1) is 34.4. The van der Waals surface area contributed by atoms with E-state index in [1.54, 1.807) is 42.5 Å². The average molecular weight is 695 g/mol. The first-order chi connectivity index (χ1) is 21.8. The maximum absolute atomic E-state index is 13.6. The Morgan fingerprint density at radius 1 is 0.957 bits per heavy atom. The maximum Gasteiger partial charge on any atom is 0.471 e. The Balaban J connectivity index is 1.40. The fourth-order valence-electron chi connectivity index (χ4n) is 6.61. The Morgan fingerprint density at radius 2 is 1.63 bits per heavy atom. The molecule has 2 aliphatic heterocycles. The van der Waals surface area contributed by atoms with Crippen LogP contribution in [0.15, 0.2) is 72.8 Å². The highest BCUT2D eigenvalue weighted by molar-refractivity contribution is 7.99. The Bertz CT molecular complexity index is 1550. The number of thioether (sulfide) groups is 1. The molecule has 0 bridgehead atoms. The smallest absolute Gasteiger partial charge is 0.410 e. The normalized spacial score (nSPS) is 17.3. The summed E-state index contributed by atoms with van der Waals surface area (Å²) in [4.78, 5) is 30.3. The molecule has 246 valence electrons. The lowest BCUT2D eigenvalue weighted by Gasteiger charge is -2.45. The third kappa shape index (κ3) is 7.30. The summed E-state index contributed by atoms with van der Waals surface area (Å²) >= 11 is 14.7. The van der Waals surface area contributed by atoms with Crippen LogP contribution in [0.25, 0.3) is 0 Å². The SMILES string of the molecule is CN(C[C@](CCCN1CCC2(CC1)SCc1ccccc12)(c1ccc(Cl)c(Cl)c1)N(C)C(=O)Oc1ccccc1)C(=O)C(F)(F)F. The van der Waals surface area contributed by atoms with E-state index in [1.807, 2.05) is 11.8 Å². The summed E-state index contributed by atoms with van der Waals surface area (Å²) in [7, 11) is 2.55. The Morgan fingerprint density at radius 3 is 2.30 bits per heavy atom. The molecule has 0 N–H and O–H groups in total. The zero-order chi connectivity index (χ0) is 33.1. The molecule has 3 aromatic carbocycles. The number of ether oxygens (including phenoxy) is 1. The highest BCUT2D eigenvalue weighted by atomic mass is 35.5. The van der Waals surface area contributed by atoms with Crippen LogP contribution >= 0.6 is 35.0 Å². The van der Waals surface area contributed by atoms with Crippen molar-refractivity contribution in [2.24, 2.45) is 0 Å². The molecule has 0 radical (unpaired) electrons. The van der Waals surface area contributed by atoms with E-state index >= 15 is 0 Å². The molecule has 6 nitrogen and oxygen atoms in total. The lowest BCUT2D eigenvalue weighted by Crippen LogP contribution is -2.56. The molecule has 3 aromatic rings. The number of halogens is 5. The molecular formula is C34H36Cl2F3N3O3S. The number of alkyl halides is 3. The van der Waals surface area contributed by atoms with Gasteiger partial charge in [-0.3, -0.25) is 9.69 Å². The van der Waals surface area contributed by atoms with Crippen LogP contribution in [0.4, 0.5) is 18.0 Å². The third-order valence-electron chi connectivity index (χ3n) is 9.15. The lowest BCUT2D eigenvalue weighted by molar-refractivity contribution is -0.185. The van der Waals surface area contributed by atoms with Gasteiger partial charge in [0, 0.05) is 31.1 Å². The number of fused-ring (bicyclic) bond motifs is 2. The predicted octanol–water partition coefficient (Wildman–Crippen LogP) is 8.36. The summed E-state index contributed by atoms with van der Waals surface area (Å²) in [6, 6.07) is 21.7. The molecule has 1 fully saturated rings. The molecule has 2 aliphatic rings. The van der Waals surface area contributed by atoms with Gasteiger partial charge < -0.3 is 14.5 Å². The highest BCUT2D eigenvalue weighted by Gasteiger charge is 2.47. The van der Waals surface area contributed by atoms with Crippen LogP contribution in [0.1, 0.15) is 42.4 Å². The molecule has 5 rings (SSSR count). The number of nitrogens with zero attached hydrogens (tertiary/aromatic N) is 3. The number of likely N-dealkylation sites (tertiary alicyclic amines) is 1. The monoisotopic (exact) mass is 693 g/mol. The van der Waals surface area contributed by atoms with E-state index in [2.05, 4.69) is 29.2 Å². The van der Waals surface area contributed by atoms with E-state index in [4.69, 9.17) is 27.9 Å². The van der Waals surface area contributed by atoms with Gasteiger partial charge >= 0.3 is 18.2 Å². The van der Waals surface area contributed by atoms with Crippen LogP contribution < -0.4 is 4.74 Å². The van der Waals surface area contributed by atoms with Gasteiger partial charge in [-0.25, -0.2) is 4.79 Å². The van der Waals surface area contributed by atoms with Gasteiger partial charge in [0.15, 0.2) is 0 Å². The van der Waals surface area contributed by atoms with Crippen LogP contribution in [0, 0.1) is 0 Å². The number of likely N-dealkylation sites (N-methyl/N-ethyl adjacent to an activating group) is 2. The summed E-state index contributed by atoms with van der Waals surface area (Å²) in [5, 5.41) is 0.427. The number of hydrogen-bond donors (Lipinski definition) is 0. The third-order valence-corrected chi connectivity index (χ3v) is 11.5. The number of rotatable bonds is 9. The van der Waals surface area contributed by atoms with Gasteiger partial charge in [-0.1, -0.05) is 71.7 Å². The van der Waals surface area contributed by atoms with Gasteiger partial charge in [0.05, 0.1) is 15.6 Å². The topological polar surface area (TPSA) is 53.1 Å². The summed E-state index contributed by atoms with van der Waals surface area (Å²) in [6.07, 6.45) is -3.14. The quantitative estimate of drug-likeness (QED) is 0.226. The summed E-state index contributed by atoms with van der Waals surface area (Å²) < 4.78 is 46.6. The van der Waals surface area contributed by atoms with Gasteiger partial charge in [0.25, 0.3) is 0 Å². The minimum atomic E-state index is -5.10. The largest absolute Gasteiger partial charge is 0.471 e. The van der Waals surface area contributed by atoms with Crippen molar-refractivity contribution in [1.29, 1.82) is 0 Å². The Kier molecular flexibility index (Phi) is 10.5. The van der Waals surface area contributed by atoms with Crippen LogP contribution in [-0.2, 0) is 20.8 Å². The molecular weight excluding hydrogens is 658 g/mol. The zero-order valence-corrected chi connectivity index (χ0v) is 28.0. The van der Waals surface area contributed by atoms with Gasteiger partial charge in [-0.15, -0.1) is 11.8 Å². The number of benzene rings is 3. The standard InChI is InChI=1S/C34H36Cl2F3N3O3S/c1-40(30(43)34(37,38)39)23-32(25-13-14-28(35)29(36)21-25,41(2)31(44)45-26-10-4-3-5-11-26)15-8-18-42-19-16-33(17-20-42)27-12-7-6-9-24(27)22-46-33/h3-7,9-14,21H,8,15-20,22-23H2,1-2H3/t32-/m1/s1. The fraction of sp³-hybridized carbons (Fsp3) is 0.412.